The zero-order valence-corrected chi connectivity index (χ0v) is 14.9. The molecule has 8 nitrogen and oxygen atoms in total. The van der Waals surface area contributed by atoms with Gasteiger partial charge in [-0.15, -0.1) is 0 Å². The Morgan fingerprint density at radius 3 is 2.81 bits per heavy atom. The summed E-state index contributed by atoms with van der Waals surface area (Å²) in [5.41, 5.74) is -0.794. The van der Waals surface area contributed by atoms with Crippen LogP contribution >= 0.6 is 0 Å². The molecule has 1 aromatic carbocycles. The van der Waals surface area contributed by atoms with Crippen molar-refractivity contribution in [2.75, 3.05) is 6.54 Å². The van der Waals surface area contributed by atoms with Crippen LogP contribution in [0.4, 0.5) is 0 Å². The lowest BCUT2D eigenvalue weighted by Crippen LogP contribution is -2.30. The van der Waals surface area contributed by atoms with Gasteiger partial charge in [-0.25, -0.2) is 13.2 Å². The molecule has 2 aromatic heterocycles. The molecule has 0 aliphatic carbocycles. The summed E-state index contributed by atoms with van der Waals surface area (Å²) in [6, 6.07) is 7.15. The van der Waals surface area contributed by atoms with Crippen molar-refractivity contribution in [3.63, 3.8) is 0 Å². The molecule has 1 saturated heterocycles. The van der Waals surface area contributed by atoms with Gasteiger partial charge < -0.3 is 14.5 Å². The number of carbonyl (C=O) groups is 1. The van der Waals surface area contributed by atoms with Gasteiger partial charge in [-0.2, -0.15) is 4.31 Å². The van der Waals surface area contributed by atoms with Crippen LogP contribution in [0.25, 0.3) is 10.9 Å². The highest BCUT2D eigenvalue weighted by Gasteiger charge is 2.37. The number of hydrogen-bond acceptors (Lipinski definition) is 5. The number of carboxylic acid groups (broad SMARTS) is 1. The number of pyridine rings is 1. The summed E-state index contributed by atoms with van der Waals surface area (Å²) in [6.45, 7) is 0.345. The summed E-state index contributed by atoms with van der Waals surface area (Å²) < 4.78 is 33.1. The Balaban J connectivity index is 1.82. The maximum absolute atomic E-state index is 13.2. The largest absolute Gasteiger partial charge is 0.477 e. The van der Waals surface area contributed by atoms with Crippen LogP contribution < -0.4 is 5.43 Å². The number of aromatic nitrogens is 1. The molecule has 1 aliphatic rings. The lowest BCUT2D eigenvalue weighted by Gasteiger charge is -2.22. The summed E-state index contributed by atoms with van der Waals surface area (Å²) in [5, 5.41) is 9.13. The molecular formula is C18H16N2O6S. The Labute approximate surface area is 154 Å². The molecule has 140 valence electrons. The predicted octanol–water partition coefficient (Wildman–Crippen LogP) is 2.35. The summed E-state index contributed by atoms with van der Waals surface area (Å²) in [6.07, 6.45) is 3.95. The van der Waals surface area contributed by atoms with Crippen molar-refractivity contribution < 1.29 is 22.7 Å². The smallest absolute Gasteiger partial charge is 0.341 e. The number of benzene rings is 1. The average Bonchev–Trinajstić information content (AvgIpc) is 3.33. The van der Waals surface area contributed by atoms with E-state index >= 15 is 0 Å². The number of nitrogens with one attached hydrogen (secondary N) is 1. The van der Waals surface area contributed by atoms with Crippen LogP contribution in [0.5, 0.6) is 0 Å². The normalized spacial score (nSPS) is 18.1. The highest BCUT2D eigenvalue weighted by atomic mass is 32.2. The predicted molar refractivity (Wildman–Crippen MR) is 96.1 cm³/mol. The number of nitrogens with zero attached hydrogens (tertiary/aromatic N) is 1. The van der Waals surface area contributed by atoms with Crippen molar-refractivity contribution in [2.45, 2.75) is 23.8 Å². The van der Waals surface area contributed by atoms with Crippen molar-refractivity contribution in [2.24, 2.45) is 0 Å². The second-order valence-corrected chi connectivity index (χ2v) is 8.22. The van der Waals surface area contributed by atoms with E-state index in [1.54, 1.807) is 12.1 Å². The second kappa shape index (κ2) is 6.36. The Morgan fingerprint density at radius 2 is 2.11 bits per heavy atom. The van der Waals surface area contributed by atoms with Crippen LogP contribution in [-0.4, -0.2) is 35.3 Å². The van der Waals surface area contributed by atoms with Crippen molar-refractivity contribution in [1.29, 1.82) is 0 Å². The molecule has 0 spiro atoms. The van der Waals surface area contributed by atoms with Crippen LogP contribution in [0.2, 0.25) is 0 Å². The van der Waals surface area contributed by atoms with Gasteiger partial charge >= 0.3 is 5.97 Å². The third-order valence-corrected chi connectivity index (χ3v) is 6.67. The molecule has 3 heterocycles. The van der Waals surface area contributed by atoms with Gasteiger partial charge in [-0.3, -0.25) is 4.79 Å². The monoisotopic (exact) mass is 388 g/mol. The zero-order chi connectivity index (χ0) is 19.2. The Bertz CT molecular complexity index is 1180. The van der Waals surface area contributed by atoms with Gasteiger partial charge in [0.2, 0.25) is 15.5 Å². The second-order valence-electron chi connectivity index (χ2n) is 6.33. The number of fused-ring (bicyclic) bond motifs is 1. The first-order chi connectivity index (χ1) is 12.9. The van der Waals surface area contributed by atoms with Gasteiger partial charge in [0.15, 0.2) is 0 Å². The minimum Gasteiger partial charge on any atom is -0.477 e. The Hall–Kier alpha value is -2.91. The number of aromatic carboxylic acids is 1. The summed E-state index contributed by atoms with van der Waals surface area (Å²) >= 11 is 0. The summed E-state index contributed by atoms with van der Waals surface area (Å²) in [5.74, 6) is -0.799. The van der Waals surface area contributed by atoms with Crippen molar-refractivity contribution in [3.8, 4) is 0 Å². The van der Waals surface area contributed by atoms with Gasteiger partial charge in [0.1, 0.15) is 11.3 Å². The van der Waals surface area contributed by atoms with Crippen LogP contribution in [0.15, 0.2) is 56.9 Å². The fourth-order valence-corrected chi connectivity index (χ4v) is 5.14. The number of rotatable bonds is 4. The van der Waals surface area contributed by atoms with Crippen molar-refractivity contribution in [3.05, 3.63) is 64.3 Å². The highest BCUT2D eigenvalue weighted by molar-refractivity contribution is 7.89. The van der Waals surface area contributed by atoms with Crippen LogP contribution in [0.3, 0.4) is 0 Å². The van der Waals surface area contributed by atoms with E-state index in [1.165, 1.54) is 28.8 Å². The van der Waals surface area contributed by atoms with E-state index in [1.807, 2.05) is 0 Å². The molecule has 0 amide bonds. The molecule has 0 bridgehead atoms. The molecule has 2 N–H and O–H groups in total. The minimum atomic E-state index is -3.88. The fraction of sp³-hybridized carbons (Fsp3) is 0.222. The lowest BCUT2D eigenvalue weighted by atomic mass is 10.1. The molecule has 9 heteroatoms. The van der Waals surface area contributed by atoms with E-state index in [9.17, 15) is 18.0 Å². The first kappa shape index (κ1) is 17.5. The lowest BCUT2D eigenvalue weighted by molar-refractivity contribution is 0.0695. The molecule has 3 aromatic rings. The highest BCUT2D eigenvalue weighted by Crippen LogP contribution is 2.36. The van der Waals surface area contributed by atoms with E-state index in [-0.39, 0.29) is 10.3 Å². The van der Waals surface area contributed by atoms with Gasteiger partial charge in [0.25, 0.3) is 0 Å². The first-order valence-corrected chi connectivity index (χ1v) is 9.77. The molecular weight excluding hydrogens is 372 g/mol. The maximum Gasteiger partial charge on any atom is 0.341 e. The SMILES string of the molecule is O=C(O)c1c[nH]c2ccc(S(=O)(=O)N3CCCC3c3ccco3)cc2c1=O. The molecule has 0 radical (unpaired) electrons. The third kappa shape index (κ3) is 2.84. The van der Waals surface area contributed by atoms with E-state index in [0.717, 1.165) is 6.20 Å². The average molecular weight is 388 g/mol. The van der Waals surface area contributed by atoms with E-state index in [4.69, 9.17) is 9.52 Å². The summed E-state index contributed by atoms with van der Waals surface area (Å²) in [7, 11) is -3.88. The van der Waals surface area contributed by atoms with Crippen LogP contribution in [-0.2, 0) is 10.0 Å². The number of hydrogen-bond donors (Lipinski definition) is 2. The standard InChI is InChI=1S/C18H16N2O6S/c21-17-12-9-11(5-6-14(12)19-10-13(17)18(22)23)27(24,25)20-7-1-3-15(20)16-4-2-8-26-16/h2,4-6,8-10,15H,1,3,7H2,(H,19,21)(H,22,23). The number of aromatic amines is 1. The van der Waals surface area contributed by atoms with Crippen molar-refractivity contribution in [1.82, 2.24) is 9.29 Å². The zero-order valence-electron chi connectivity index (χ0n) is 14.1. The van der Waals surface area contributed by atoms with Crippen molar-refractivity contribution >= 4 is 26.9 Å². The third-order valence-electron chi connectivity index (χ3n) is 4.76. The van der Waals surface area contributed by atoms with Crippen LogP contribution in [0, 0.1) is 0 Å². The number of carboxylic acids is 1. The molecule has 1 unspecified atom stereocenters. The quantitative estimate of drug-likeness (QED) is 0.708. The Morgan fingerprint density at radius 1 is 1.30 bits per heavy atom. The number of H-pyrrole nitrogens is 1. The van der Waals surface area contributed by atoms with Gasteiger partial charge in [0.05, 0.1) is 17.2 Å². The fourth-order valence-electron chi connectivity index (χ4n) is 3.45. The topological polar surface area (TPSA) is 121 Å². The van der Waals surface area contributed by atoms with E-state index in [2.05, 4.69) is 4.98 Å². The van der Waals surface area contributed by atoms with E-state index in [0.29, 0.717) is 30.7 Å². The van der Waals surface area contributed by atoms with Gasteiger partial charge in [-0.05, 0) is 43.2 Å². The molecule has 1 atom stereocenters. The molecule has 27 heavy (non-hydrogen) atoms. The van der Waals surface area contributed by atoms with E-state index < -0.39 is 33.0 Å². The maximum atomic E-state index is 13.2. The van der Waals surface area contributed by atoms with Gasteiger partial charge in [-0.1, -0.05) is 0 Å². The van der Waals surface area contributed by atoms with Gasteiger partial charge in [0, 0.05) is 23.6 Å². The molecule has 1 fully saturated rings. The first-order valence-electron chi connectivity index (χ1n) is 8.33. The number of sulfonamides is 1. The minimum absolute atomic E-state index is 0.0183. The summed E-state index contributed by atoms with van der Waals surface area (Å²) in [4.78, 5) is 26.2. The Kier molecular flexibility index (Phi) is 4.12. The molecule has 1 aliphatic heterocycles. The van der Waals surface area contributed by atoms with Crippen LogP contribution in [0.1, 0.15) is 35.0 Å². The number of furan rings is 1. The molecule has 4 rings (SSSR count). The molecule has 0 saturated carbocycles.